The average Bonchev–Trinajstić information content (AvgIpc) is 3.14. The number of benzene rings is 1. The SMILES string of the molecule is CCCC/C=C\CC1CC(C)C(C)(O)C(C)C1(N)NC(=O)c1csc2ccc(O)cc12. The van der Waals surface area contributed by atoms with Gasteiger partial charge < -0.3 is 21.3 Å². The van der Waals surface area contributed by atoms with Crippen molar-refractivity contribution in [2.45, 2.75) is 71.1 Å². The number of carbonyl (C=O) groups is 1. The average molecular weight is 445 g/mol. The van der Waals surface area contributed by atoms with Crippen LogP contribution in [0.2, 0.25) is 0 Å². The summed E-state index contributed by atoms with van der Waals surface area (Å²) in [6, 6.07) is 5.04. The summed E-state index contributed by atoms with van der Waals surface area (Å²) >= 11 is 1.46. The van der Waals surface area contributed by atoms with Crippen LogP contribution in [0.4, 0.5) is 0 Å². The maximum atomic E-state index is 13.3. The van der Waals surface area contributed by atoms with Gasteiger partial charge >= 0.3 is 0 Å². The van der Waals surface area contributed by atoms with Gasteiger partial charge in [-0.15, -0.1) is 11.3 Å². The van der Waals surface area contributed by atoms with Crippen LogP contribution in [0.3, 0.4) is 0 Å². The number of phenolic OH excluding ortho intramolecular Hbond substituents is 1. The van der Waals surface area contributed by atoms with Gasteiger partial charge in [0.05, 0.1) is 16.8 Å². The minimum atomic E-state index is -1.05. The van der Waals surface area contributed by atoms with E-state index in [2.05, 4.69) is 31.3 Å². The number of thiophene rings is 1. The molecule has 0 aliphatic heterocycles. The number of nitrogens with one attached hydrogen (secondary N) is 1. The van der Waals surface area contributed by atoms with Gasteiger partial charge in [0.25, 0.3) is 5.91 Å². The lowest BCUT2D eigenvalue weighted by molar-refractivity contribution is -0.126. The third-order valence-corrected chi connectivity index (χ3v) is 8.31. The molecule has 5 N–H and O–H groups in total. The Morgan fingerprint density at radius 2 is 2.10 bits per heavy atom. The zero-order valence-electron chi connectivity index (χ0n) is 19.0. The van der Waals surface area contributed by atoms with Crippen LogP contribution in [0.1, 0.15) is 70.2 Å². The number of aliphatic hydroxyl groups is 1. The van der Waals surface area contributed by atoms with Gasteiger partial charge in [0.2, 0.25) is 0 Å². The van der Waals surface area contributed by atoms with Crippen molar-refractivity contribution in [1.29, 1.82) is 0 Å². The first-order chi connectivity index (χ1) is 14.6. The lowest BCUT2D eigenvalue weighted by Crippen LogP contribution is -2.72. The second kappa shape index (κ2) is 9.31. The standard InChI is InChI=1S/C25H36N2O3S/c1-5-6-7-8-9-10-18-13-16(2)24(4,30)17(3)25(18,26)27-23(29)21-15-31-22-12-11-19(28)14-20(21)22/h8-9,11-12,14-18,28,30H,5-7,10,13,26H2,1-4H3,(H,27,29)/b9-8-. The minimum Gasteiger partial charge on any atom is -0.508 e. The molecule has 3 rings (SSSR count). The summed E-state index contributed by atoms with van der Waals surface area (Å²) in [6.07, 6.45) is 9.22. The summed E-state index contributed by atoms with van der Waals surface area (Å²) in [6.45, 7) is 7.98. The Morgan fingerprint density at radius 3 is 2.81 bits per heavy atom. The lowest BCUT2D eigenvalue weighted by Gasteiger charge is -2.55. The normalized spacial score (nSPS) is 31.4. The van der Waals surface area contributed by atoms with E-state index in [4.69, 9.17) is 5.73 Å². The number of phenols is 1. The van der Waals surface area contributed by atoms with Crippen LogP contribution in [-0.2, 0) is 0 Å². The molecule has 5 nitrogen and oxygen atoms in total. The number of allylic oxidation sites excluding steroid dienone is 2. The van der Waals surface area contributed by atoms with Crippen LogP contribution in [0.15, 0.2) is 35.7 Å². The highest BCUT2D eigenvalue weighted by atomic mass is 32.1. The second-order valence-electron chi connectivity index (χ2n) is 9.35. The van der Waals surface area contributed by atoms with Gasteiger partial charge in [0.15, 0.2) is 0 Å². The largest absolute Gasteiger partial charge is 0.508 e. The summed E-state index contributed by atoms with van der Waals surface area (Å²) in [5, 5.41) is 26.7. The summed E-state index contributed by atoms with van der Waals surface area (Å²) in [5.41, 5.74) is 5.40. The molecule has 1 fully saturated rings. The highest BCUT2D eigenvalue weighted by Gasteiger charge is 2.55. The quantitative estimate of drug-likeness (QED) is 0.269. The van der Waals surface area contributed by atoms with Crippen molar-refractivity contribution in [3.8, 4) is 5.75 Å². The molecule has 1 aliphatic carbocycles. The Hall–Kier alpha value is -1.89. The topological polar surface area (TPSA) is 95.6 Å². The molecule has 0 saturated heterocycles. The predicted octanol–water partition coefficient (Wildman–Crippen LogP) is 5.17. The molecule has 170 valence electrons. The van der Waals surface area contributed by atoms with E-state index in [0.29, 0.717) is 10.9 Å². The zero-order chi connectivity index (χ0) is 22.8. The van der Waals surface area contributed by atoms with Crippen LogP contribution in [0, 0.1) is 17.8 Å². The van der Waals surface area contributed by atoms with Gasteiger partial charge in [-0.3, -0.25) is 4.79 Å². The van der Waals surface area contributed by atoms with Crippen molar-refractivity contribution in [1.82, 2.24) is 5.32 Å². The van der Waals surface area contributed by atoms with Crippen molar-refractivity contribution in [2.24, 2.45) is 23.5 Å². The van der Waals surface area contributed by atoms with Crippen molar-refractivity contribution in [2.75, 3.05) is 0 Å². The molecule has 6 heteroatoms. The number of aromatic hydroxyl groups is 1. The fourth-order valence-electron chi connectivity index (χ4n) is 4.78. The molecule has 2 aromatic rings. The van der Waals surface area contributed by atoms with Crippen LogP contribution >= 0.6 is 11.3 Å². The zero-order valence-corrected chi connectivity index (χ0v) is 19.8. The van der Waals surface area contributed by atoms with Crippen molar-refractivity contribution < 1.29 is 15.0 Å². The summed E-state index contributed by atoms with van der Waals surface area (Å²) in [4.78, 5) is 13.3. The molecular formula is C25H36N2O3S. The van der Waals surface area contributed by atoms with Gasteiger partial charge in [0.1, 0.15) is 5.75 Å². The Labute approximate surface area is 189 Å². The molecule has 5 atom stereocenters. The number of unbranched alkanes of at least 4 members (excludes halogenated alkanes) is 2. The van der Waals surface area contributed by atoms with Gasteiger partial charge in [-0.1, -0.05) is 45.8 Å². The number of fused-ring (bicyclic) bond motifs is 1. The second-order valence-corrected chi connectivity index (χ2v) is 10.3. The first kappa shape index (κ1) is 23.8. The van der Waals surface area contributed by atoms with Gasteiger partial charge in [-0.05, 0) is 56.2 Å². The minimum absolute atomic E-state index is 0.0119. The summed E-state index contributed by atoms with van der Waals surface area (Å²) < 4.78 is 0.932. The molecule has 31 heavy (non-hydrogen) atoms. The number of nitrogens with two attached hydrogens (primary N) is 1. The molecule has 0 spiro atoms. The molecular weight excluding hydrogens is 408 g/mol. The molecule has 1 amide bonds. The van der Waals surface area contributed by atoms with E-state index in [9.17, 15) is 15.0 Å². The highest BCUT2D eigenvalue weighted by Crippen LogP contribution is 2.46. The number of hydrogen-bond donors (Lipinski definition) is 4. The molecule has 0 radical (unpaired) electrons. The molecule has 1 aromatic heterocycles. The highest BCUT2D eigenvalue weighted by molar-refractivity contribution is 7.17. The summed E-state index contributed by atoms with van der Waals surface area (Å²) in [7, 11) is 0. The van der Waals surface area contributed by atoms with Gasteiger partial charge in [0, 0.05) is 21.4 Å². The third kappa shape index (κ3) is 4.66. The first-order valence-electron chi connectivity index (χ1n) is 11.3. The summed E-state index contributed by atoms with van der Waals surface area (Å²) in [5.74, 6) is -0.390. The first-order valence-corrected chi connectivity index (χ1v) is 12.2. The van der Waals surface area contributed by atoms with E-state index in [0.717, 1.165) is 36.8 Å². The van der Waals surface area contributed by atoms with Gasteiger partial charge in [-0.25, -0.2) is 0 Å². The molecule has 1 aliphatic rings. The molecule has 1 aromatic carbocycles. The number of rotatable bonds is 7. The van der Waals surface area contributed by atoms with Crippen LogP contribution in [-0.4, -0.2) is 27.4 Å². The van der Waals surface area contributed by atoms with E-state index >= 15 is 0 Å². The molecule has 0 bridgehead atoms. The molecule has 5 unspecified atom stereocenters. The van der Waals surface area contributed by atoms with E-state index < -0.39 is 11.3 Å². The molecule has 1 saturated carbocycles. The van der Waals surface area contributed by atoms with E-state index in [1.54, 1.807) is 17.5 Å². The Balaban J connectivity index is 1.89. The van der Waals surface area contributed by atoms with Crippen molar-refractivity contribution in [3.63, 3.8) is 0 Å². The van der Waals surface area contributed by atoms with Gasteiger partial charge in [-0.2, -0.15) is 0 Å². The molecule has 1 heterocycles. The number of amides is 1. The van der Waals surface area contributed by atoms with E-state index in [1.807, 2.05) is 19.9 Å². The fraction of sp³-hybridized carbons (Fsp3) is 0.560. The number of hydrogen-bond acceptors (Lipinski definition) is 5. The Morgan fingerprint density at radius 1 is 1.35 bits per heavy atom. The van der Waals surface area contributed by atoms with Crippen LogP contribution in [0.25, 0.3) is 10.1 Å². The smallest absolute Gasteiger partial charge is 0.254 e. The Kier molecular flexibility index (Phi) is 7.14. The van der Waals surface area contributed by atoms with E-state index in [1.165, 1.54) is 11.3 Å². The van der Waals surface area contributed by atoms with Crippen molar-refractivity contribution in [3.05, 3.63) is 41.3 Å². The fourth-order valence-corrected chi connectivity index (χ4v) is 5.70. The Bertz CT molecular complexity index is 951. The third-order valence-electron chi connectivity index (χ3n) is 7.35. The maximum Gasteiger partial charge on any atom is 0.254 e. The maximum absolute atomic E-state index is 13.3. The van der Waals surface area contributed by atoms with E-state index in [-0.39, 0.29) is 29.4 Å². The van der Waals surface area contributed by atoms with Crippen LogP contribution in [0.5, 0.6) is 5.75 Å². The van der Waals surface area contributed by atoms with Crippen LogP contribution < -0.4 is 11.1 Å². The number of carbonyl (C=O) groups excluding carboxylic acids is 1. The lowest BCUT2D eigenvalue weighted by atomic mass is 9.60. The monoisotopic (exact) mass is 444 g/mol. The predicted molar refractivity (Wildman–Crippen MR) is 128 cm³/mol. The van der Waals surface area contributed by atoms with Crippen molar-refractivity contribution >= 4 is 27.3 Å².